The van der Waals surface area contributed by atoms with E-state index in [1.54, 1.807) is 24.3 Å². The Hall–Kier alpha value is -2.33. The van der Waals surface area contributed by atoms with Crippen molar-refractivity contribution in [2.75, 3.05) is 6.54 Å². The van der Waals surface area contributed by atoms with Gasteiger partial charge in [0.25, 0.3) is 0 Å². The minimum absolute atomic E-state index is 0.00343. The summed E-state index contributed by atoms with van der Waals surface area (Å²) in [4.78, 5) is 23.6. The molecule has 2 fully saturated rings. The average Bonchev–Trinajstić information content (AvgIpc) is 3.16. The van der Waals surface area contributed by atoms with Crippen molar-refractivity contribution in [3.63, 3.8) is 0 Å². The van der Waals surface area contributed by atoms with Crippen LogP contribution in [0.1, 0.15) is 60.4 Å². The number of carbonyl (C=O) groups excluding carboxylic acids is 1. The van der Waals surface area contributed by atoms with Crippen molar-refractivity contribution in [2.45, 2.75) is 44.4 Å². The molecule has 2 unspecified atom stereocenters. The molecular weight excluding hydrogens is 386 g/mol. The third-order valence-electron chi connectivity index (χ3n) is 6.51. The van der Waals surface area contributed by atoms with E-state index in [-0.39, 0.29) is 23.3 Å². The first kappa shape index (κ1) is 20.0. The summed E-state index contributed by atoms with van der Waals surface area (Å²) in [5.41, 5.74) is 3.22. The number of aromatic carboxylic acids is 1. The van der Waals surface area contributed by atoms with Crippen LogP contribution in [0, 0.1) is 11.8 Å². The second-order valence-corrected chi connectivity index (χ2v) is 8.64. The van der Waals surface area contributed by atoms with Gasteiger partial charge in [0.05, 0.1) is 5.56 Å². The van der Waals surface area contributed by atoms with Crippen LogP contribution in [0.4, 0.5) is 0 Å². The van der Waals surface area contributed by atoms with E-state index in [1.165, 1.54) is 19.3 Å². The van der Waals surface area contributed by atoms with E-state index in [0.717, 1.165) is 42.5 Å². The first-order valence-corrected chi connectivity index (χ1v) is 10.8. The lowest BCUT2D eigenvalue weighted by Crippen LogP contribution is -2.29. The first-order chi connectivity index (χ1) is 14.0. The van der Waals surface area contributed by atoms with E-state index < -0.39 is 5.97 Å². The first-order valence-electron chi connectivity index (χ1n) is 10.5. The van der Waals surface area contributed by atoms with Gasteiger partial charge in [-0.05, 0) is 66.0 Å². The Morgan fingerprint density at radius 2 is 1.69 bits per heavy atom. The summed E-state index contributed by atoms with van der Waals surface area (Å²) >= 11 is 6.78. The normalized spacial score (nSPS) is 21.0. The average molecular weight is 412 g/mol. The Labute approximate surface area is 176 Å². The van der Waals surface area contributed by atoms with Crippen LogP contribution in [0.3, 0.4) is 0 Å². The molecule has 1 saturated carbocycles. The highest BCUT2D eigenvalue weighted by molar-refractivity contribution is 6.31. The largest absolute Gasteiger partial charge is 0.478 e. The highest BCUT2D eigenvalue weighted by atomic mass is 35.5. The van der Waals surface area contributed by atoms with Gasteiger partial charge in [0.2, 0.25) is 5.91 Å². The van der Waals surface area contributed by atoms with E-state index in [9.17, 15) is 9.59 Å². The summed E-state index contributed by atoms with van der Waals surface area (Å²) in [6.45, 7) is 0.748. The quantitative estimate of drug-likeness (QED) is 0.682. The van der Waals surface area contributed by atoms with Crippen LogP contribution in [0.2, 0.25) is 5.02 Å². The summed E-state index contributed by atoms with van der Waals surface area (Å²) in [6.07, 6.45) is 6.91. The Morgan fingerprint density at radius 1 is 1.00 bits per heavy atom. The van der Waals surface area contributed by atoms with Gasteiger partial charge in [0, 0.05) is 17.5 Å². The van der Waals surface area contributed by atoms with Crippen molar-refractivity contribution >= 4 is 23.5 Å². The molecule has 4 nitrogen and oxygen atoms in total. The van der Waals surface area contributed by atoms with Crippen molar-refractivity contribution in [1.82, 2.24) is 5.32 Å². The number of benzene rings is 2. The highest BCUT2D eigenvalue weighted by Crippen LogP contribution is 2.45. The SMILES string of the molecule is O=C(O)c1ccc(-c2ccc(C(C3CCCCC3)C3CCNC3=O)c(Cl)c2)cc1. The van der Waals surface area contributed by atoms with Gasteiger partial charge in [0.1, 0.15) is 0 Å². The van der Waals surface area contributed by atoms with Crippen molar-refractivity contribution in [2.24, 2.45) is 11.8 Å². The summed E-state index contributed by atoms with van der Waals surface area (Å²) in [5.74, 6) is -0.124. The molecule has 29 heavy (non-hydrogen) atoms. The lowest BCUT2D eigenvalue weighted by atomic mass is 9.70. The monoisotopic (exact) mass is 411 g/mol. The molecule has 1 saturated heterocycles. The molecule has 0 aromatic heterocycles. The van der Waals surface area contributed by atoms with Gasteiger partial charge >= 0.3 is 5.97 Å². The molecule has 0 bridgehead atoms. The molecule has 1 amide bonds. The molecule has 1 heterocycles. The fourth-order valence-corrected chi connectivity index (χ4v) is 5.34. The Bertz CT molecular complexity index is 903. The number of carboxylic acid groups (broad SMARTS) is 1. The van der Waals surface area contributed by atoms with E-state index in [1.807, 2.05) is 12.1 Å². The second-order valence-electron chi connectivity index (χ2n) is 8.23. The molecule has 1 aliphatic carbocycles. The highest BCUT2D eigenvalue weighted by Gasteiger charge is 2.39. The van der Waals surface area contributed by atoms with Gasteiger partial charge in [-0.2, -0.15) is 0 Å². The molecule has 4 rings (SSSR count). The summed E-state index contributed by atoms with van der Waals surface area (Å²) in [7, 11) is 0. The number of rotatable bonds is 5. The van der Waals surface area contributed by atoms with Gasteiger partial charge in [-0.1, -0.05) is 55.1 Å². The van der Waals surface area contributed by atoms with E-state index in [4.69, 9.17) is 16.7 Å². The number of nitrogens with one attached hydrogen (secondary N) is 1. The molecule has 2 aromatic rings. The molecule has 2 aromatic carbocycles. The third-order valence-corrected chi connectivity index (χ3v) is 6.83. The number of carbonyl (C=O) groups is 2. The van der Waals surface area contributed by atoms with Gasteiger partial charge in [-0.3, -0.25) is 4.79 Å². The van der Waals surface area contributed by atoms with Crippen molar-refractivity contribution in [3.05, 3.63) is 58.6 Å². The number of halogens is 1. The maximum Gasteiger partial charge on any atom is 0.335 e. The smallest absolute Gasteiger partial charge is 0.335 e. The van der Waals surface area contributed by atoms with E-state index in [2.05, 4.69) is 11.4 Å². The van der Waals surface area contributed by atoms with Crippen molar-refractivity contribution in [3.8, 4) is 11.1 Å². The van der Waals surface area contributed by atoms with Crippen LogP contribution in [-0.2, 0) is 4.79 Å². The molecule has 2 aliphatic rings. The number of hydrogen-bond donors (Lipinski definition) is 2. The van der Waals surface area contributed by atoms with Crippen LogP contribution >= 0.6 is 11.6 Å². The second kappa shape index (κ2) is 8.58. The molecule has 2 N–H and O–H groups in total. The number of amides is 1. The Kier molecular flexibility index (Phi) is 5.91. The molecule has 2 atom stereocenters. The van der Waals surface area contributed by atoms with Crippen LogP contribution in [-0.4, -0.2) is 23.5 Å². The zero-order valence-electron chi connectivity index (χ0n) is 16.4. The third kappa shape index (κ3) is 4.18. The maximum absolute atomic E-state index is 12.5. The van der Waals surface area contributed by atoms with Gasteiger partial charge in [-0.25, -0.2) is 4.79 Å². The number of carboxylic acids is 1. The zero-order valence-corrected chi connectivity index (χ0v) is 17.1. The fraction of sp³-hybridized carbons (Fsp3) is 0.417. The van der Waals surface area contributed by atoms with Crippen LogP contribution < -0.4 is 5.32 Å². The zero-order chi connectivity index (χ0) is 20.4. The molecule has 5 heteroatoms. The Balaban J connectivity index is 1.66. The van der Waals surface area contributed by atoms with Crippen molar-refractivity contribution in [1.29, 1.82) is 0 Å². The maximum atomic E-state index is 12.5. The summed E-state index contributed by atoms with van der Waals surface area (Å²) < 4.78 is 0. The molecular formula is C24H26ClNO3. The Morgan fingerprint density at radius 3 is 2.28 bits per heavy atom. The molecule has 1 aliphatic heterocycles. The topological polar surface area (TPSA) is 66.4 Å². The van der Waals surface area contributed by atoms with Gasteiger partial charge in [0.15, 0.2) is 0 Å². The standard InChI is InChI=1S/C24H26ClNO3/c25-21-14-18(15-6-8-17(9-7-15)24(28)29)10-11-19(21)22(16-4-2-1-3-5-16)20-12-13-26-23(20)27/h6-11,14,16,20,22H,1-5,12-13H2,(H,26,27)(H,28,29). The minimum atomic E-state index is -0.935. The fourth-order valence-electron chi connectivity index (χ4n) is 5.03. The van der Waals surface area contributed by atoms with Gasteiger partial charge in [-0.15, -0.1) is 0 Å². The van der Waals surface area contributed by atoms with Crippen LogP contribution in [0.5, 0.6) is 0 Å². The molecule has 0 spiro atoms. The number of hydrogen-bond acceptors (Lipinski definition) is 2. The van der Waals surface area contributed by atoms with Crippen molar-refractivity contribution < 1.29 is 14.7 Å². The van der Waals surface area contributed by atoms with E-state index >= 15 is 0 Å². The van der Waals surface area contributed by atoms with E-state index in [0.29, 0.717) is 10.9 Å². The summed E-state index contributed by atoms with van der Waals surface area (Å²) in [6, 6.07) is 12.9. The molecule has 0 radical (unpaired) electrons. The molecule has 152 valence electrons. The van der Waals surface area contributed by atoms with Crippen LogP contribution in [0.25, 0.3) is 11.1 Å². The van der Waals surface area contributed by atoms with Crippen LogP contribution in [0.15, 0.2) is 42.5 Å². The predicted octanol–water partition coefficient (Wildman–Crippen LogP) is 5.51. The lowest BCUT2D eigenvalue weighted by Gasteiger charge is -2.34. The summed E-state index contributed by atoms with van der Waals surface area (Å²) in [5, 5.41) is 12.8. The minimum Gasteiger partial charge on any atom is -0.478 e. The predicted molar refractivity (Wildman–Crippen MR) is 114 cm³/mol. The van der Waals surface area contributed by atoms with Gasteiger partial charge < -0.3 is 10.4 Å². The lowest BCUT2D eigenvalue weighted by molar-refractivity contribution is -0.123.